The SMILES string of the molecule is Cc1nc2cc(NC(=O)COc3cccc([N+](=O)[O-])c3)ccc2o1. The van der Waals surface area contributed by atoms with Crippen LogP contribution in [0.15, 0.2) is 46.9 Å². The summed E-state index contributed by atoms with van der Waals surface area (Å²) < 4.78 is 10.6. The van der Waals surface area contributed by atoms with Crippen molar-refractivity contribution in [3.63, 3.8) is 0 Å². The minimum atomic E-state index is -0.526. The van der Waals surface area contributed by atoms with Crippen LogP contribution in [0.5, 0.6) is 5.75 Å². The number of hydrogen-bond acceptors (Lipinski definition) is 6. The van der Waals surface area contributed by atoms with Crippen molar-refractivity contribution in [1.82, 2.24) is 4.98 Å². The van der Waals surface area contributed by atoms with E-state index in [1.54, 1.807) is 31.2 Å². The number of nitro benzene ring substituents is 1. The van der Waals surface area contributed by atoms with Gasteiger partial charge >= 0.3 is 0 Å². The summed E-state index contributed by atoms with van der Waals surface area (Å²) in [6, 6.07) is 10.7. The van der Waals surface area contributed by atoms with Crippen LogP contribution in [0.25, 0.3) is 11.1 Å². The summed E-state index contributed by atoms with van der Waals surface area (Å²) in [5.41, 5.74) is 1.74. The minimum Gasteiger partial charge on any atom is -0.484 e. The van der Waals surface area contributed by atoms with Crippen molar-refractivity contribution in [1.29, 1.82) is 0 Å². The van der Waals surface area contributed by atoms with Crippen LogP contribution in [0.4, 0.5) is 11.4 Å². The lowest BCUT2D eigenvalue weighted by molar-refractivity contribution is -0.384. The summed E-state index contributed by atoms with van der Waals surface area (Å²) in [7, 11) is 0. The Balaban J connectivity index is 1.62. The highest BCUT2D eigenvalue weighted by molar-refractivity contribution is 5.93. The predicted molar refractivity (Wildman–Crippen MR) is 86.0 cm³/mol. The van der Waals surface area contributed by atoms with Gasteiger partial charge in [-0.1, -0.05) is 6.07 Å². The second-order valence-corrected chi connectivity index (χ2v) is 5.01. The van der Waals surface area contributed by atoms with Crippen molar-refractivity contribution in [3.8, 4) is 5.75 Å². The molecule has 8 heteroatoms. The fourth-order valence-electron chi connectivity index (χ4n) is 2.15. The van der Waals surface area contributed by atoms with Crippen molar-refractivity contribution < 1.29 is 18.9 Å². The number of nitro groups is 1. The molecule has 0 fully saturated rings. The maximum absolute atomic E-state index is 11.9. The normalized spacial score (nSPS) is 10.5. The Morgan fingerprint density at radius 1 is 1.33 bits per heavy atom. The maximum Gasteiger partial charge on any atom is 0.273 e. The highest BCUT2D eigenvalue weighted by Gasteiger charge is 2.09. The second kappa shape index (κ2) is 6.37. The summed E-state index contributed by atoms with van der Waals surface area (Å²) in [6.07, 6.45) is 0. The highest BCUT2D eigenvalue weighted by Crippen LogP contribution is 2.21. The molecule has 0 aliphatic heterocycles. The molecular formula is C16H13N3O5. The van der Waals surface area contributed by atoms with Gasteiger partial charge in [-0.3, -0.25) is 14.9 Å². The van der Waals surface area contributed by atoms with E-state index in [1.165, 1.54) is 18.2 Å². The highest BCUT2D eigenvalue weighted by atomic mass is 16.6. The number of benzene rings is 2. The van der Waals surface area contributed by atoms with Gasteiger partial charge in [0, 0.05) is 18.7 Å². The van der Waals surface area contributed by atoms with E-state index in [1.807, 2.05) is 0 Å². The number of non-ortho nitro benzene ring substituents is 1. The first-order chi connectivity index (χ1) is 11.5. The molecule has 0 atom stereocenters. The fourth-order valence-corrected chi connectivity index (χ4v) is 2.15. The van der Waals surface area contributed by atoms with Crippen LogP contribution < -0.4 is 10.1 Å². The number of anilines is 1. The smallest absolute Gasteiger partial charge is 0.273 e. The average Bonchev–Trinajstić information content (AvgIpc) is 2.92. The molecule has 1 N–H and O–H groups in total. The Morgan fingerprint density at radius 2 is 2.17 bits per heavy atom. The van der Waals surface area contributed by atoms with Gasteiger partial charge in [-0.15, -0.1) is 0 Å². The quantitative estimate of drug-likeness (QED) is 0.570. The number of nitrogens with zero attached hydrogens (tertiary/aromatic N) is 2. The Hall–Kier alpha value is -3.42. The topological polar surface area (TPSA) is 108 Å². The van der Waals surface area contributed by atoms with Gasteiger partial charge in [0.1, 0.15) is 11.3 Å². The van der Waals surface area contributed by atoms with Crippen LogP contribution in [0, 0.1) is 17.0 Å². The molecule has 1 amide bonds. The lowest BCUT2D eigenvalue weighted by Gasteiger charge is -2.07. The van der Waals surface area contributed by atoms with Crippen LogP contribution >= 0.6 is 0 Å². The van der Waals surface area contributed by atoms with E-state index in [2.05, 4.69) is 10.3 Å². The molecule has 0 saturated carbocycles. The molecule has 24 heavy (non-hydrogen) atoms. The van der Waals surface area contributed by atoms with Crippen LogP contribution in [-0.4, -0.2) is 22.4 Å². The third-order valence-corrected chi connectivity index (χ3v) is 3.18. The third-order valence-electron chi connectivity index (χ3n) is 3.18. The fraction of sp³-hybridized carbons (Fsp3) is 0.125. The summed E-state index contributed by atoms with van der Waals surface area (Å²) in [5.74, 6) is 0.408. The first-order valence-corrected chi connectivity index (χ1v) is 7.05. The van der Waals surface area contributed by atoms with Gasteiger partial charge in [0.25, 0.3) is 11.6 Å². The molecule has 0 spiro atoms. The number of fused-ring (bicyclic) bond motifs is 1. The summed E-state index contributed by atoms with van der Waals surface area (Å²) in [4.78, 5) is 26.3. The van der Waals surface area contributed by atoms with E-state index in [-0.39, 0.29) is 24.0 Å². The minimum absolute atomic E-state index is 0.0974. The number of carbonyl (C=O) groups excluding carboxylic acids is 1. The molecule has 3 aromatic rings. The van der Waals surface area contributed by atoms with E-state index in [0.29, 0.717) is 22.7 Å². The Morgan fingerprint density at radius 3 is 2.96 bits per heavy atom. The zero-order chi connectivity index (χ0) is 17.1. The molecular weight excluding hydrogens is 314 g/mol. The Bertz CT molecular complexity index is 919. The molecule has 122 valence electrons. The summed E-state index contributed by atoms with van der Waals surface area (Å²) in [5, 5.41) is 13.4. The summed E-state index contributed by atoms with van der Waals surface area (Å²) >= 11 is 0. The molecule has 2 aromatic carbocycles. The van der Waals surface area contributed by atoms with E-state index in [9.17, 15) is 14.9 Å². The molecule has 0 radical (unpaired) electrons. The van der Waals surface area contributed by atoms with Gasteiger partial charge in [0.05, 0.1) is 11.0 Å². The Labute approximate surface area is 136 Å². The van der Waals surface area contributed by atoms with Gasteiger partial charge in [0.2, 0.25) is 0 Å². The molecule has 0 aliphatic rings. The molecule has 0 unspecified atom stereocenters. The lowest BCUT2D eigenvalue weighted by Crippen LogP contribution is -2.20. The molecule has 8 nitrogen and oxygen atoms in total. The molecule has 1 aromatic heterocycles. The van der Waals surface area contributed by atoms with Crippen molar-refractivity contribution in [3.05, 3.63) is 58.5 Å². The van der Waals surface area contributed by atoms with E-state index in [4.69, 9.17) is 9.15 Å². The Kier molecular flexibility index (Phi) is 4.11. The van der Waals surface area contributed by atoms with Crippen molar-refractivity contribution >= 4 is 28.4 Å². The van der Waals surface area contributed by atoms with E-state index >= 15 is 0 Å². The number of oxazole rings is 1. The number of hydrogen-bond donors (Lipinski definition) is 1. The number of nitrogens with one attached hydrogen (secondary N) is 1. The van der Waals surface area contributed by atoms with Gasteiger partial charge in [-0.2, -0.15) is 0 Å². The first kappa shape index (κ1) is 15.5. The standard InChI is InChI=1S/C16H13N3O5/c1-10-17-14-7-11(5-6-15(14)24-10)18-16(20)9-23-13-4-2-3-12(8-13)19(21)22/h2-8H,9H2,1H3,(H,18,20). The van der Waals surface area contributed by atoms with E-state index in [0.717, 1.165) is 0 Å². The third kappa shape index (κ3) is 3.49. The average molecular weight is 327 g/mol. The number of ether oxygens (including phenoxy) is 1. The van der Waals surface area contributed by atoms with Crippen molar-refractivity contribution in [2.24, 2.45) is 0 Å². The molecule has 0 saturated heterocycles. The number of amides is 1. The number of carbonyl (C=O) groups is 1. The first-order valence-electron chi connectivity index (χ1n) is 7.05. The van der Waals surface area contributed by atoms with Crippen LogP contribution in [0.2, 0.25) is 0 Å². The zero-order valence-corrected chi connectivity index (χ0v) is 12.7. The van der Waals surface area contributed by atoms with Crippen LogP contribution in [0.3, 0.4) is 0 Å². The second-order valence-electron chi connectivity index (χ2n) is 5.01. The largest absolute Gasteiger partial charge is 0.484 e. The van der Waals surface area contributed by atoms with Gasteiger partial charge < -0.3 is 14.5 Å². The maximum atomic E-state index is 11.9. The van der Waals surface area contributed by atoms with Gasteiger partial charge in [-0.25, -0.2) is 4.98 Å². The van der Waals surface area contributed by atoms with Crippen LogP contribution in [-0.2, 0) is 4.79 Å². The van der Waals surface area contributed by atoms with Gasteiger partial charge in [-0.05, 0) is 24.3 Å². The molecule has 0 aliphatic carbocycles. The lowest BCUT2D eigenvalue weighted by atomic mass is 10.3. The summed E-state index contributed by atoms with van der Waals surface area (Å²) in [6.45, 7) is 1.47. The van der Waals surface area contributed by atoms with Crippen molar-refractivity contribution in [2.75, 3.05) is 11.9 Å². The molecule has 3 rings (SSSR count). The van der Waals surface area contributed by atoms with Gasteiger partial charge in [0.15, 0.2) is 18.1 Å². The van der Waals surface area contributed by atoms with Crippen LogP contribution in [0.1, 0.15) is 5.89 Å². The number of aryl methyl sites for hydroxylation is 1. The van der Waals surface area contributed by atoms with Crippen molar-refractivity contribution in [2.45, 2.75) is 6.92 Å². The molecule has 1 heterocycles. The molecule has 0 bridgehead atoms. The number of rotatable bonds is 5. The number of aromatic nitrogens is 1. The zero-order valence-electron chi connectivity index (χ0n) is 12.7. The van der Waals surface area contributed by atoms with E-state index < -0.39 is 4.92 Å². The predicted octanol–water partition coefficient (Wildman–Crippen LogP) is 3.06. The monoisotopic (exact) mass is 327 g/mol.